The van der Waals surface area contributed by atoms with Crippen LogP contribution in [0.25, 0.3) is 0 Å². The molecule has 0 saturated carbocycles. The van der Waals surface area contributed by atoms with Crippen LogP contribution in [0.5, 0.6) is 5.75 Å². The summed E-state index contributed by atoms with van der Waals surface area (Å²) in [6.07, 6.45) is 7.98. The predicted molar refractivity (Wildman–Crippen MR) is 127 cm³/mol. The summed E-state index contributed by atoms with van der Waals surface area (Å²) in [6.45, 7) is 10.4. The van der Waals surface area contributed by atoms with Crippen LogP contribution < -0.4 is 4.74 Å². The zero-order chi connectivity index (χ0) is 23.9. The number of ether oxygens (including phenoxy) is 2. The molecule has 1 aliphatic rings. The first kappa shape index (κ1) is 25.4. The molecule has 5 heteroatoms. The number of allylic oxidation sites excluding steroid dienone is 3. The van der Waals surface area contributed by atoms with Gasteiger partial charge in [0.25, 0.3) is 0 Å². The lowest BCUT2D eigenvalue weighted by Gasteiger charge is -2.40. The van der Waals surface area contributed by atoms with E-state index >= 15 is 0 Å². The number of carboxylic acid groups (broad SMARTS) is 1. The highest BCUT2D eigenvalue weighted by molar-refractivity contribution is 6.04. The van der Waals surface area contributed by atoms with Crippen LogP contribution in [-0.2, 0) is 9.53 Å². The van der Waals surface area contributed by atoms with Gasteiger partial charge in [-0.15, -0.1) is 0 Å². The molecule has 1 N–H and O–H groups in total. The minimum atomic E-state index is -0.964. The number of unbranched alkanes of at least 4 members (excludes halogenated alkanes) is 3. The molecule has 1 aromatic rings. The summed E-state index contributed by atoms with van der Waals surface area (Å²) in [4.78, 5) is 24.6. The Morgan fingerprint density at radius 3 is 2.31 bits per heavy atom. The number of hydrogen-bond donors (Lipinski definition) is 1. The van der Waals surface area contributed by atoms with Crippen molar-refractivity contribution in [3.05, 3.63) is 64.5 Å². The van der Waals surface area contributed by atoms with Crippen molar-refractivity contribution in [3.8, 4) is 5.75 Å². The van der Waals surface area contributed by atoms with Gasteiger partial charge in [0.15, 0.2) is 5.78 Å². The van der Waals surface area contributed by atoms with Gasteiger partial charge in [-0.3, -0.25) is 4.79 Å². The van der Waals surface area contributed by atoms with Crippen LogP contribution in [0.4, 0.5) is 0 Å². The highest BCUT2D eigenvalue weighted by Crippen LogP contribution is 2.48. The van der Waals surface area contributed by atoms with Crippen molar-refractivity contribution in [2.24, 2.45) is 11.3 Å². The minimum absolute atomic E-state index is 0.117. The van der Waals surface area contributed by atoms with Gasteiger partial charge >= 0.3 is 5.97 Å². The summed E-state index contributed by atoms with van der Waals surface area (Å²) in [6, 6.07) is 7.18. The average Bonchev–Trinajstić information content (AvgIpc) is 2.75. The first-order valence-electron chi connectivity index (χ1n) is 11.3. The maximum Gasteiger partial charge on any atom is 0.336 e. The lowest BCUT2D eigenvalue weighted by atomic mass is 9.66. The average molecular weight is 441 g/mol. The van der Waals surface area contributed by atoms with E-state index in [0.717, 1.165) is 24.2 Å². The van der Waals surface area contributed by atoms with Crippen LogP contribution in [0.1, 0.15) is 70.7 Å². The van der Waals surface area contributed by atoms with Gasteiger partial charge in [-0.1, -0.05) is 51.7 Å². The molecule has 1 aromatic carbocycles. The van der Waals surface area contributed by atoms with E-state index in [4.69, 9.17) is 9.47 Å². The van der Waals surface area contributed by atoms with Gasteiger partial charge in [0.1, 0.15) is 11.5 Å². The van der Waals surface area contributed by atoms with Crippen molar-refractivity contribution in [1.82, 2.24) is 0 Å². The Morgan fingerprint density at radius 2 is 1.75 bits per heavy atom. The molecule has 2 rings (SSSR count). The number of benzene rings is 1. The Bertz CT molecular complexity index is 916. The molecule has 0 spiro atoms. The van der Waals surface area contributed by atoms with E-state index in [1.54, 1.807) is 32.2 Å². The molecule has 0 bridgehead atoms. The normalized spacial score (nSPS) is 18.2. The van der Waals surface area contributed by atoms with Gasteiger partial charge < -0.3 is 14.6 Å². The Hall–Kier alpha value is -2.82. The lowest BCUT2D eigenvalue weighted by Crippen LogP contribution is -2.33. The van der Waals surface area contributed by atoms with E-state index in [2.05, 4.69) is 6.92 Å². The van der Waals surface area contributed by atoms with Gasteiger partial charge in [-0.05, 0) is 56.0 Å². The summed E-state index contributed by atoms with van der Waals surface area (Å²) in [5.74, 6) is 0.0136. The second kappa shape index (κ2) is 11.2. The van der Waals surface area contributed by atoms with Crippen LogP contribution in [0.15, 0.2) is 58.9 Å². The van der Waals surface area contributed by atoms with Gasteiger partial charge in [0.2, 0.25) is 0 Å². The van der Waals surface area contributed by atoms with Gasteiger partial charge in [0.05, 0.1) is 19.3 Å². The third-order valence-corrected chi connectivity index (χ3v) is 6.43. The van der Waals surface area contributed by atoms with Crippen molar-refractivity contribution in [2.75, 3.05) is 13.7 Å². The number of aliphatic carboxylic acids is 1. The smallest absolute Gasteiger partial charge is 0.336 e. The first-order chi connectivity index (χ1) is 15.1. The molecule has 5 nitrogen and oxygen atoms in total. The molecule has 0 saturated heterocycles. The van der Waals surface area contributed by atoms with Crippen molar-refractivity contribution in [2.45, 2.75) is 60.3 Å². The largest absolute Gasteiger partial charge is 0.500 e. The summed E-state index contributed by atoms with van der Waals surface area (Å²) >= 11 is 0. The molecule has 0 amide bonds. The van der Waals surface area contributed by atoms with Gasteiger partial charge in [0, 0.05) is 17.1 Å². The summed E-state index contributed by atoms with van der Waals surface area (Å²) in [5, 5.41) is 9.66. The fourth-order valence-corrected chi connectivity index (χ4v) is 4.16. The topological polar surface area (TPSA) is 72.8 Å². The highest BCUT2D eigenvalue weighted by Gasteiger charge is 2.41. The Balaban J connectivity index is 2.15. The zero-order valence-electron chi connectivity index (χ0n) is 20.2. The van der Waals surface area contributed by atoms with E-state index < -0.39 is 11.4 Å². The highest BCUT2D eigenvalue weighted by atomic mass is 16.5. The van der Waals surface area contributed by atoms with Crippen molar-refractivity contribution in [1.29, 1.82) is 0 Å². The quantitative estimate of drug-likeness (QED) is 0.246. The van der Waals surface area contributed by atoms with E-state index in [9.17, 15) is 14.7 Å². The zero-order valence-corrected chi connectivity index (χ0v) is 20.2. The third kappa shape index (κ3) is 5.70. The number of rotatable bonds is 11. The molecule has 0 fully saturated rings. The summed E-state index contributed by atoms with van der Waals surface area (Å²) in [7, 11) is 1.54. The molecule has 0 heterocycles. The van der Waals surface area contributed by atoms with Crippen LogP contribution in [-0.4, -0.2) is 30.6 Å². The number of carboxylic acids is 1. The molecular weight excluding hydrogens is 404 g/mol. The molecule has 0 aromatic heterocycles. The van der Waals surface area contributed by atoms with E-state index in [1.165, 1.54) is 12.8 Å². The SMILES string of the molecule is CCCCCCOc1ccc(C(=O)C=CC2C(OC)=C(C)C(C(=O)O)=C(C)C2(C)C)cc1. The van der Waals surface area contributed by atoms with Crippen molar-refractivity contribution >= 4 is 11.8 Å². The minimum Gasteiger partial charge on any atom is -0.500 e. The summed E-state index contributed by atoms with van der Waals surface area (Å²) in [5.41, 5.74) is 1.72. The molecule has 1 aliphatic carbocycles. The van der Waals surface area contributed by atoms with Crippen molar-refractivity contribution < 1.29 is 24.2 Å². The summed E-state index contributed by atoms with van der Waals surface area (Å²) < 4.78 is 11.3. The van der Waals surface area contributed by atoms with Crippen molar-refractivity contribution in [3.63, 3.8) is 0 Å². The van der Waals surface area contributed by atoms with Gasteiger partial charge in [-0.2, -0.15) is 0 Å². The molecule has 0 aliphatic heterocycles. The van der Waals surface area contributed by atoms with Crippen LogP contribution in [0, 0.1) is 11.3 Å². The molecule has 1 unspecified atom stereocenters. The van der Waals surface area contributed by atoms with E-state index in [-0.39, 0.29) is 17.3 Å². The molecule has 174 valence electrons. The monoisotopic (exact) mass is 440 g/mol. The molecule has 32 heavy (non-hydrogen) atoms. The Morgan fingerprint density at radius 1 is 1.09 bits per heavy atom. The number of carbonyl (C=O) groups is 2. The number of ketones is 1. The predicted octanol–water partition coefficient (Wildman–Crippen LogP) is 6.36. The first-order valence-corrected chi connectivity index (χ1v) is 11.3. The van der Waals surface area contributed by atoms with Gasteiger partial charge in [-0.25, -0.2) is 4.79 Å². The third-order valence-electron chi connectivity index (χ3n) is 6.43. The Kier molecular flexibility index (Phi) is 8.88. The van der Waals surface area contributed by atoms with Crippen LogP contribution >= 0.6 is 0 Å². The van der Waals surface area contributed by atoms with Crippen LogP contribution in [0.3, 0.4) is 0 Å². The number of carbonyl (C=O) groups excluding carboxylic acids is 1. The Labute approximate surface area is 191 Å². The fourth-order valence-electron chi connectivity index (χ4n) is 4.16. The standard InChI is InChI=1S/C27H36O5/c1-7-8-9-10-17-32-21-13-11-20(12-14-21)23(28)16-15-22-25(31-6)18(2)24(26(29)30)19(3)27(22,4)5/h11-16,22H,7-10,17H2,1-6H3,(H,29,30). The fraction of sp³-hybridized carbons (Fsp3) is 0.481. The molecule has 1 atom stereocenters. The number of hydrogen-bond acceptors (Lipinski definition) is 4. The van der Waals surface area contributed by atoms with E-state index in [0.29, 0.717) is 23.5 Å². The maximum absolute atomic E-state index is 12.8. The molecule has 0 radical (unpaired) electrons. The second-order valence-electron chi connectivity index (χ2n) is 8.85. The van der Waals surface area contributed by atoms with E-state index in [1.807, 2.05) is 39.0 Å². The van der Waals surface area contributed by atoms with Crippen LogP contribution in [0.2, 0.25) is 0 Å². The maximum atomic E-state index is 12.8. The lowest BCUT2D eigenvalue weighted by molar-refractivity contribution is -0.132. The second-order valence-corrected chi connectivity index (χ2v) is 8.85. The number of methoxy groups -OCH3 is 1. The molecular formula is C27H36O5.